The standard InChI is InChI=1S/C17H33N5.HI/c1-13(2)7-6-8-15(5)21-17(18)20-11-16-19-9-10-22(16)12-14(3)4;/h9-10,13-15H,6-8,11-12H2,1-5H3,(H3,18,20,21);1H. The molecule has 0 radical (unpaired) electrons. The highest BCUT2D eigenvalue weighted by molar-refractivity contribution is 14.0. The van der Waals surface area contributed by atoms with Crippen molar-refractivity contribution in [2.45, 2.75) is 73.0 Å². The van der Waals surface area contributed by atoms with Crippen molar-refractivity contribution < 1.29 is 0 Å². The molecule has 0 aliphatic heterocycles. The summed E-state index contributed by atoms with van der Waals surface area (Å²) in [5.74, 6) is 2.83. The molecule has 0 aromatic carbocycles. The number of aromatic nitrogens is 2. The van der Waals surface area contributed by atoms with Gasteiger partial charge in [0.15, 0.2) is 5.96 Å². The van der Waals surface area contributed by atoms with E-state index in [1.807, 2.05) is 12.4 Å². The summed E-state index contributed by atoms with van der Waals surface area (Å²) in [7, 11) is 0. The number of imidazole rings is 1. The summed E-state index contributed by atoms with van der Waals surface area (Å²) in [6, 6.07) is 0.359. The Morgan fingerprint density at radius 2 is 1.91 bits per heavy atom. The van der Waals surface area contributed by atoms with Gasteiger partial charge in [0.1, 0.15) is 12.4 Å². The molecule has 23 heavy (non-hydrogen) atoms. The number of nitrogens with one attached hydrogen (secondary N) is 1. The fraction of sp³-hybridized carbons (Fsp3) is 0.765. The molecule has 1 rings (SSSR count). The molecule has 0 spiro atoms. The van der Waals surface area contributed by atoms with E-state index in [0.717, 1.165) is 24.7 Å². The average Bonchev–Trinajstić information content (AvgIpc) is 2.82. The zero-order valence-corrected chi connectivity index (χ0v) is 17.6. The molecule has 0 saturated heterocycles. The third-order valence-electron chi connectivity index (χ3n) is 3.57. The first-order chi connectivity index (χ1) is 10.4. The Hall–Kier alpha value is -0.790. The van der Waals surface area contributed by atoms with E-state index in [0.29, 0.717) is 24.5 Å². The summed E-state index contributed by atoms with van der Waals surface area (Å²) in [5, 5.41) is 3.27. The molecule has 134 valence electrons. The molecular weight excluding hydrogens is 401 g/mol. The van der Waals surface area contributed by atoms with Gasteiger partial charge in [0, 0.05) is 25.0 Å². The Morgan fingerprint density at radius 1 is 1.22 bits per heavy atom. The van der Waals surface area contributed by atoms with Crippen LogP contribution in [0.2, 0.25) is 0 Å². The molecule has 6 heteroatoms. The van der Waals surface area contributed by atoms with Crippen molar-refractivity contribution in [3.05, 3.63) is 18.2 Å². The van der Waals surface area contributed by atoms with E-state index in [1.54, 1.807) is 0 Å². The van der Waals surface area contributed by atoms with Crippen molar-refractivity contribution in [1.29, 1.82) is 0 Å². The molecule has 0 fully saturated rings. The van der Waals surface area contributed by atoms with Crippen molar-refractivity contribution in [1.82, 2.24) is 14.9 Å². The van der Waals surface area contributed by atoms with E-state index in [1.165, 1.54) is 12.8 Å². The highest BCUT2D eigenvalue weighted by Gasteiger charge is 2.06. The number of nitrogens with two attached hydrogens (primary N) is 1. The van der Waals surface area contributed by atoms with E-state index in [4.69, 9.17) is 5.73 Å². The monoisotopic (exact) mass is 435 g/mol. The lowest BCUT2D eigenvalue weighted by atomic mass is 10.0. The second-order valence-electron chi connectivity index (χ2n) is 6.96. The van der Waals surface area contributed by atoms with Crippen LogP contribution in [0, 0.1) is 11.8 Å². The highest BCUT2D eigenvalue weighted by atomic mass is 127. The third-order valence-corrected chi connectivity index (χ3v) is 3.57. The lowest BCUT2D eigenvalue weighted by molar-refractivity contribution is 0.492. The maximum atomic E-state index is 5.98. The molecule has 0 bridgehead atoms. The molecule has 0 aliphatic rings. The smallest absolute Gasteiger partial charge is 0.189 e. The molecule has 3 N–H and O–H groups in total. The third kappa shape index (κ3) is 9.84. The van der Waals surface area contributed by atoms with Crippen LogP contribution in [0.3, 0.4) is 0 Å². The van der Waals surface area contributed by atoms with Gasteiger partial charge in [0.2, 0.25) is 0 Å². The normalized spacial score (nSPS) is 13.3. The van der Waals surface area contributed by atoms with Gasteiger partial charge in [-0.1, -0.05) is 40.5 Å². The quantitative estimate of drug-likeness (QED) is 0.353. The number of rotatable bonds is 9. The maximum absolute atomic E-state index is 5.98. The van der Waals surface area contributed by atoms with Crippen LogP contribution < -0.4 is 11.1 Å². The number of hydrogen-bond donors (Lipinski definition) is 2. The number of guanidine groups is 1. The second-order valence-corrected chi connectivity index (χ2v) is 6.96. The minimum absolute atomic E-state index is 0. The lowest BCUT2D eigenvalue weighted by Crippen LogP contribution is -2.38. The van der Waals surface area contributed by atoms with Crippen LogP contribution in [0.4, 0.5) is 0 Å². The van der Waals surface area contributed by atoms with E-state index < -0.39 is 0 Å². The maximum Gasteiger partial charge on any atom is 0.189 e. The summed E-state index contributed by atoms with van der Waals surface area (Å²) >= 11 is 0. The summed E-state index contributed by atoms with van der Waals surface area (Å²) in [6.45, 7) is 12.5. The molecular formula is C17H34IN5. The Labute approximate surface area is 158 Å². The summed E-state index contributed by atoms with van der Waals surface area (Å²) in [5.41, 5.74) is 5.98. The van der Waals surface area contributed by atoms with Crippen molar-refractivity contribution in [2.24, 2.45) is 22.6 Å². The van der Waals surface area contributed by atoms with Crippen molar-refractivity contribution in [3.63, 3.8) is 0 Å². The van der Waals surface area contributed by atoms with Gasteiger partial charge in [-0.25, -0.2) is 9.98 Å². The van der Waals surface area contributed by atoms with Crippen LogP contribution in [0.15, 0.2) is 17.4 Å². The molecule has 1 aromatic heterocycles. The summed E-state index contributed by atoms with van der Waals surface area (Å²) in [4.78, 5) is 8.78. The summed E-state index contributed by atoms with van der Waals surface area (Å²) in [6.07, 6.45) is 7.43. The minimum atomic E-state index is 0. The zero-order valence-electron chi connectivity index (χ0n) is 15.2. The Kier molecular flexibility index (Phi) is 11.3. The highest BCUT2D eigenvalue weighted by Crippen LogP contribution is 2.08. The SMILES string of the molecule is CC(C)CCCC(C)NC(N)=NCc1nccn1CC(C)C.I. The van der Waals surface area contributed by atoms with Gasteiger partial charge in [-0.15, -0.1) is 24.0 Å². The molecule has 0 amide bonds. The number of aliphatic imine (C=N–C) groups is 1. The molecule has 1 aromatic rings. The first-order valence-corrected chi connectivity index (χ1v) is 8.45. The average molecular weight is 435 g/mol. The molecule has 0 aliphatic carbocycles. The van der Waals surface area contributed by atoms with E-state index in [9.17, 15) is 0 Å². The van der Waals surface area contributed by atoms with Gasteiger partial charge in [0.05, 0.1) is 0 Å². The molecule has 1 atom stereocenters. The van der Waals surface area contributed by atoms with Gasteiger partial charge in [-0.3, -0.25) is 0 Å². The fourth-order valence-electron chi connectivity index (χ4n) is 2.41. The second kappa shape index (κ2) is 11.7. The van der Waals surface area contributed by atoms with Crippen molar-refractivity contribution in [3.8, 4) is 0 Å². The van der Waals surface area contributed by atoms with Crippen LogP contribution in [-0.4, -0.2) is 21.6 Å². The predicted molar refractivity (Wildman–Crippen MR) is 109 cm³/mol. The topological polar surface area (TPSA) is 68.2 Å². The van der Waals surface area contributed by atoms with Crippen molar-refractivity contribution in [2.75, 3.05) is 0 Å². The van der Waals surface area contributed by atoms with Crippen LogP contribution in [0.5, 0.6) is 0 Å². The van der Waals surface area contributed by atoms with Crippen molar-refractivity contribution >= 4 is 29.9 Å². The predicted octanol–water partition coefficient (Wildman–Crippen LogP) is 3.78. The van der Waals surface area contributed by atoms with Crippen LogP contribution in [0.1, 0.15) is 59.7 Å². The van der Waals surface area contributed by atoms with Crippen LogP contribution in [-0.2, 0) is 13.1 Å². The molecule has 1 unspecified atom stereocenters. The largest absolute Gasteiger partial charge is 0.370 e. The van der Waals surface area contributed by atoms with Gasteiger partial charge in [0.25, 0.3) is 0 Å². The first kappa shape index (κ1) is 22.2. The van der Waals surface area contributed by atoms with Gasteiger partial charge in [-0.05, 0) is 25.2 Å². The summed E-state index contributed by atoms with van der Waals surface area (Å²) < 4.78 is 2.15. The van der Waals surface area contributed by atoms with E-state index >= 15 is 0 Å². The first-order valence-electron chi connectivity index (χ1n) is 8.45. The van der Waals surface area contributed by atoms with E-state index in [-0.39, 0.29) is 24.0 Å². The van der Waals surface area contributed by atoms with Gasteiger partial charge < -0.3 is 15.6 Å². The minimum Gasteiger partial charge on any atom is -0.370 e. The fourth-order valence-corrected chi connectivity index (χ4v) is 2.41. The molecule has 1 heterocycles. The lowest BCUT2D eigenvalue weighted by Gasteiger charge is -2.15. The number of hydrogen-bond acceptors (Lipinski definition) is 2. The molecule has 5 nitrogen and oxygen atoms in total. The van der Waals surface area contributed by atoms with Gasteiger partial charge in [-0.2, -0.15) is 0 Å². The molecule has 0 saturated carbocycles. The zero-order chi connectivity index (χ0) is 16.5. The Bertz CT molecular complexity index is 454. The van der Waals surface area contributed by atoms with Crippen LogP contribution in [0.25, 0.3) is 0 Å². The van der Waals surface area contributed by atoms with E-state index in [2.05, 4.69) is 54.5 Å². The van der Waals surface area contributed by atoms with Crippen LogP contribution >= 0.6 is 24.0 Å². The van der Waals surface area contributed by atoms with Gasteiger partial charge >= 0.3 is 0 Å². The Balaban J connectivity index is 0.00000484. The Morgan fingerprint density at radius 3 is 2.52 bits per heavy atom. The number of nitrogens with zero attached hydrogens (tertiary/aromatic N) is 3. The number of halogens is 1.